The first-order valence-corrected chi connectivity index (χ1v) is 8.87. The Morgan fingerprint density at radius 1 is 1.22 bits per heavy atom. The molecule has 1 N–H and O–H groups in total. The highest BCUT2D eigenvalue weighted by molar-refractivity contribution is 6.34. The Balaban J connectivity index is 1.46. The molecule has 1 aliphatic heterocycles. The zero-order valence-electron chi connectivity index (χ0n) is 14.2. The van der Waals surface area contributed by atoms with E-state index in [9.17, 15) is 9.59 Å². The predicted octanol–water partition coefficient (Wildman–Crippen LogP) is 1.42. The van der Waals surface area contributed by atoms with E-state index in [1.165, 1.54) is 23.3 Å². The summed E-state index contributed by atoms with van der Waals surface area (Å²) in [5.74, 6) is 0.704. The van der Waals surface area contributed by atoms with Crippen LogP contribution in [0.1, 0.15) is 34.9 Å². The third kappa shape index (κ3) is 3.59. The van der Waals surface area contributed by atoms with Gasteiger partial charge in [0, 0.05) is 31.3 Å². The van der Waals surface area contributed by atoms with Gasteiger partial charge in [-0.1, -0.05) is 11.6 Å². The average Bonchev–Trinajstić information content (AvgIpc) is 3.22. The van der Waals surface area contributed by atoms with Crippen molar-refractivity contribution in [2.24, 2.45) is 0 Å². The highest BCUT2D eigenvalue weighted by atomic mass is 35.5. The summed E-state index contributed by atoms with van der Waals surface area (Å²) in [6, 6.07) is 6.49. The molecule has 9 nitrogen and oxygen atoms in total. The molecule has 1 aliphatic rings. The summed E-state index contributed by atoms with van der Waals surface area (Å²) in [6.07, 6.45) is 4.44. The summed E-state index contributed by atoms with van der Waals surface area (Å²) >= 11 is 6.32. The van der Waals surface area contributed by atoms with E-state index < -0.39 is 0 Å². The smallest absolute Gasteiger partial charge is 0.255 e. The van der Waals surface area contributed by atoms with Crippen LogP contribution in [0.5, 0.6) is 0 Å². The van der Waals surface area contributed by atoms with Gasteiger partial charge in [-0.2, -0.15) is 0 Å². The molecule has 3 heterocycles. The highest BCUT2D eigenvalue weighted by Crippen LogP contribution is 2.27. The van der Waals surface area contributed by atoms with Crippen LogP contribution < -0.4 is 5.56 Å². The highest BCUT2D eigenvalue weighted by Gasteiger charge is 2.27. The van der Waals surface area contributed by atoms with Crippen LogP contribution in [0, 0.1) is 0 Å². The molecule has 10 heteroatoms. The number of halogens is 1. The Bertz CT molecular complexity index is 1010. The summed E-state index contributed by atoms with van der Waals surface area (Å²) in [4.78, 5) is 33.1. The number of rotatable bonds is 3. The lowest BCUT2D eigenvalue weighted by Crippen LogP contribution is -2.38. The van der Waals surface area contributed by atoms with Gasteiger partial charge in [-0.15, -0.1) is 5.10 Å². The lowest BCUT2D eigenvalue weighted by molar-refractivity contribution is 0.0711. The topological polar surface area (TPSA) is 110 Å². The second-order valence-corrected chi connectivity index (χ2v) is 6.71. The van der Waals surface area contributed by atoms with Gasteiger partial charge in [0.25, 0.3) is 11.5 Å². The monoisotopic (exact) mass is 385 g/mol. The molecule has 0 aliphatic carbocycles. The number of carbonyl (C=O) groups excluding carboxylic acids is 1. The van der Waals surface area contributed by atoms with E-state index >= 15 is 0 Å². The fourth-order valence-corrected chi connectivity index (χ4v) is 3.47. The molecule has 0 bridgehead atoms. The van der Waals surface area contributed by atoms with E-state index in [1.807, 2.05) is 0 Å². The van der Waals surface area contributed by atoms with E-state index in [1.54, 1.807) is 23.1 Å². The number of H-pyrrole nitrogens is 1. The lowest BCUT2D eigenvalue weighted by atomic mass is 9.95. The molecule has 138 valence electrons. The maximum atomic E-state index is 12.8. The summed E-state index contributed by atoms with van der Waals surface area (Å²) in [7, 11) is 0. The molecule has 0 radical (unpaired) electrons. The number of aromatic nitrogens is 6. The number of amides is 1. The van der Waals surface area contributed by atoms with Gasteiger partial charge in [0.05, 0.1) is 16.3 Å². The summed E-state index contributed by atoms with van der Waals surface area (Å²) in [5, 5.41) is 11.3. The minimum Gasteiger partial charge on any atom is -0.339 e. The third-order valence-corrected chi connectivity index (χ3v) is 4.97. The fourth-order valence-electron chi connectivity index (χ4n) is 3.22. The van der Waals surface area contributed by atoms with E-state index in [-0.39, 0.29) is 17.4 Å². The van der Waals surface area contributed by atoms with Crippen molar-refractivity contribution in [3.63, 3.8) is 0 Å². The molecular formula is C17H16ClN7O2. The molecule has 27 heavy (non-hydrogen) atoms. The molecule has 0 atom stereocenters. The minimum atomic E-state index is -0.159. The van der Waals surface area contributed by atoms with Crippen molar-refractivity contribution in [1.29, 1.82) is 0 Å². The van der Waals surface area contributed by atoms with E-state index in [4.69, 9.17) is 11.6 Å². The molecule has 3 aromatic rings. The maximum Gasteiger partial charge on any atom is 0.255 e. The molecule has 1 aromatic carbocycles. The minimum absolute atomic E-state index is 0.115. The quantitative estimate of drug-likeness (QED) is 0.730. The van der Waals surface area contributed by atoms with Crippen LogP contribution in [0.2, 0.25) is 5.02 Å². The summed E-state index contributed by atoms with van der Waals surface area (Å²) in [6.45, 7) is 1.15. The molecule has 4 rings (SSSR count). The van der Waals surface area contributed by atoms with Crippen LogP contribution in [-0.2, 0) is 0 Å². The SMILES string of the molecule is O=C(c1ccc(-n2cnnn2)cc1Cl)N1CCC(c2nccc(=O)[nH]2)CC1. The Kier molecular flexibility index (Phi) is 4.68. The van der Waals surface area contributed by atoms with Crippen LogP contribution in [0.25, 0.3) is 5.69 Å². The molecule has 1 saturated heterocycles. The summed E-state index contributed by atoms with van der Waals surface area (Å²) in [5.41, 5.74) is 0.963. The number of carbonyl (C=O) groups is 1. The first-order chi connectivity index (χ1) is 13.1. The van der Waals surface area contributed by atoms with Gasteiger partial charge in [0.15, 0.2) is 0 Å². The molecular weight excluding hydrogens is 370 g/mol. The Labute approximate surface area is 159 Å². The van der Waals surface area contributed by atoms with Crippen LogP contribution in [-0.4, -0.2) is 54.1 Å². The Morgan fingerprint density at radius 2 is 2.04 bits per heavy atom. The van der Waals surface area contributed by atoms with E-state index in [0.717, 1.165) is 12.8 Å². The van der Waals surface area contributed by atoms with Crippen molar-refractivity contribution < 1.29 is 4.79 Å². The van der Waals surface area contributed by atoms with Gasteiger partial charge in [-0.3, -0.25) is 9.59 Å². The van der Waals surface area contributed by atoms with Crippen molar-refractivity contribution in [1.82, 2.24) is 35.1 Å². The zero-order valence-corrected chi connectivity index (χ0v) is 15.0. The Morgan fingerprint density at radius 3 is 2.70 bits per heavy atom. The first-order valence-electron chi connectivity index (χ1n) is 8.49. The van der Waals surface area contributed by atoms with Gasteiger partial charge in [0.2, 0.25) is 0 Å². The number of nitrogens with zero attached hydrogens (tertiary/aromatic N) is 6. The van der Waals surface area contributed by atoms with E-state index in [2.05, 4.69) is 25.5 Å². The second-order valence-electron chi connectivity index (χ2n) is 6.30. The van der Waals surface area contributed by atoms with Crippen molar-refractivity contribution in [3.8, 4) is 5.69 Å². The molecule has 0 unspecified atom stereocenters. The number of hydrogen-bond acceptors (Lipinski definition) is 6. The number of piperidine rings is 1. The lowest BCUT2D eigenvalue weighted by Gasteiger charge is -2.31. The van der Waals surface area contributed by atoms with Crippen LogP contribution >= 0.6 is 11.6 Å². The largest absolute Gasteiger partial charge is 0.339 e. The average molecular weight is 386 g/mol. The van der Waals surface area contributed by atoms with Crippen LogP contribution in [0.4, 0.5) is 0 Å². The van der Waals surface area contributed by atoms with Gasteiger partial charge in [-0.05, 0) is 41.5 Å². The van der Waals surface area contributed by atoms with Crippen molar-refractivity contribution in [2.75, 3.05) is 13.1 Å². The molecule has 2 aromatic heterocycles. The van der Waals surface area contributed by atoms with Crippen LogP contribution in [0.3, 0.4) is 0 Å². The summed E-state index contributed by atoms with van der Waals surface area (Å²) < 4.78 is 1.47. The van der Waals surface area contributed by atoms with Gasteiger partial charge in [0.1, 0.15) is 12.2 Å². The number of nitrogens with one attached hydrogen (secondary N) is 1. The molecule has 1 amide bonds. The number of tetrazole rings is 1. The standard InChI is InChI=1S/C17H16ClN7O2/c18-14-9-12(25-10-20-22-23-25)1-2-13(14)17(27)24-7-4-11(5-8-24)16-19-6-3-15(26)21-16/h1-3,6,9-11H,4-5,7-8H2,(H,19,21,26). The molecule has 1 fully saturated rings. The van der Waals surface area contributed by atoms with E-state index in [0.29, 0.717) is 35.2 Å². The predicted molar refractivity (Wildman–Crippen MR) is 96.9 cm³/mol. The second kappa shape index (κ2) is 7.28. The first kappa shape index (κ1) is 17.3. The zero-order chi connectivity index (χ0) is 18.8. The number of hydrogen-bond donors (Lipinski definition) is 1. The van der Waals surface area contributed by atoms with Crippen molar-refractivity contribution >= 4 is 17.5 Å². The number of aromatic amines is 1. The third-order valence-electron chi connectivity index (χ3n) is 4.66. The Hall–Kier alpha value is -3.07. The number of likely N-dealkylation sites (tertiary alicyclic amines) is 1. The number of benzene rings is 1. The normalized spacial score (nSPS) is 15.1. The van der Waals surface area contributed by atoms with Crippen molar-refractivity contribution in [2.45, 2.75) is 18.8 Å². The van der Waals surface area contributed by atoms with Crippen molar-refractivity contribution in [3.05, 3.63) is 63.6 Å². The fraction of sp³-hybridized carbons (Fsp3) is 0.294. The van der Waals surface area contributed by atoms with Gasteiger partial charge < -0.3 is 9.88 Å². The molecule has 0 saturated carbocycles. The van der Waals surface area contributed by atoms with Gasteiger partial charge >= 0.3 is 0 Å². The molecule has 0 spiro atoms. The van der Waals surface area contributed by atoms with Gasteiger partial charge in [-0.25, -0.2) is 9.67 Å². The van der Waals surface area contributed by atoms with Crippen LogP contribution in [0.15, 0.2) is 41.6 Å². The maximum absolute atomic E-state index is 12.8.